The average Bonchev–Trinajstić information content (AvgIpc) is 4.30. The third kappa shape index (κ3) is 7.85. The van der Waals surface area contributed by atoms with Gasteiger partial charge in [0.15, 0.2) is 11.6 Å². The Labute approximate surface area is 435 Å². The summed E-state index contributed by atoms with van der Waals surface area (Å²) in [5, 5.41) is 0. The van der Waals surface area contributed by atoms with Gasteiger partial charge < -0.3 is 19.9 Å². The Bertz CT molecular complexity index is 4300. The zero-order valence-electron chi connectivity index (χ0n) is 40.9. The van der Waals surface area contributed by atoms with Crippen LogP contribution in [0.2, 0.25) is 0 Å². The van der Waals surface area contributed by atoms with Gasteiger partial charge in [-0.3, -0.25) is 4.90 Å². The maximum atomic E-state index is 5.82. The molecular formula is C63H45N13. The quantitative estimate of drug-likeness (QED) is 0.127. The molecular weight excluding hydrogens is 939 g/mol. The fourth-order valence-electron chi connectivity index (χ4n) is 11.3. The van der Waals surface area contributed by atoms with E-state index in [0.29, 0.717) is 53.9 Å². The molecule has 13 heteroatoms. The number of aromatic amines is 4. The van der Waals surface area contributed by atoms with Crippen LogP contribution in [0.1, 0.15) is 57.9 Å². The number of hydrogen-bond donors (Lipinski definition) is 4. The zero-order chi connectivity index (χ0) is 50.1. The van der Waals surface area contributed by atoms with Gasteiger partial charge in [-0.2, -0.15) is 0 Å². The molecule has 362 valence electrons. The van der Waals surface area contributed by atoms with E-state index in [9.17, 15) is 0 Å². The molecule has 6 aromatic heterocycles. The number of H-pyrrole nitrogens is 4. The number of rotatable bonds is 6. The van der Waals surface area contributed by atoms with Gasteiger partial charge in [0.1, 0.15) is 34.2 Å². The van der Waals surface area contributed by atoms with Crippen LogP contribution >= 0.6 is 0 Å². The summed E-state index contributed by atoms with van der Waals surface area (Å²) in [6.07, 6.45) is 10.3. The topological polar surface area (TPSA) is 170 Å². The van der Waals surface area contributed by atoms with Crippen LogP contribution in [-0.2, 0) is 0 Å². The molecule has 5 aliphatic heterocycles. The Balaban J connectivity index is 0.955. The second kappa shape index (κ2) is 17.9. The van der Waals surface area contributed by atoms with Crippen molar-refractivity contribution < 1.29 is 0 Å². The molecule has 13 nitrogen and oxygen atoms in total. The minimum Gasteiger partial charge on any atom is -0.354 e. The highest BCUT2D eigenvalue weighted by Gasteiger charge is 2.43. The summed E-state index contributed by atoms with van der Waals surface area (Å²) in [5.74, 6) is 2.55. The predicted octanol–water partition coefficient (Wildman–Crippen LogP) is 13.0. The number of nitrogens with one attached hydrogen (secondary N) is 4. The minimum absolute atomic E-state index is 0.0177. The van der Waals surface area contributed by atoms with Crippen LogP contribution in [0.3, 0.4) is 0 Å². The fourth-order valence-corrected chi connectivity index (χ4v) is 11.3. The largest absolute Gasteiger partial charge is 0.354 e. The van der Waals surface area contributed by atoms with Crippen LogP contribution in [-0.4, -0.2) is 84.3 Å². The van der Waals surface area contributed by atoms with Crippen molar-refractivity contribution in [2.75, 3.05) is 19.6 Å². The number of fused-ring (bicyclic) bond motifs is 19. The Morgan fingerprint density at radius 2 is 0.763 bits per heavy atom. The molecule has 5 aliphatic rings. The third-order valence-corrected chi connectivity index (χ3v) is 14.7. The number of nitrogens with zero attached hydrogens (tertiary/aromatic N) is 9. The molecule has 0 saturated carbocycles. The first-order valence-electron chi connectivity index (χ1n) is 25.5. The zero-order valence-corrected chi connectivity index (χ0v) is 40.9. The normalized spacial score (nSPS) is 15.8. The van der Waals surface area contributed by atoms with Gasteiger partial charge in [0, 0.05) is 75.8 Å². The first-order chi connectivity index (χ1) is 37.6. The van der Waals surface area contributed by atoms with Crippen molar-refractivity contribution in [1.82, 2.24) is 64.7 Å². The van der Waals surface area contributed by atoms with E-state index in [2.05, 4.69) is 194 Å². The lowest BCUT2D eigenvalue weighted by Crippen LogP contribution is -2.23. The number of benzene rings is 4. The van der Waals surface area contributed by atoms with Crippen LogP contribution in [0, 0.1) is 0 Å². The van der Waals surface area contributed by atoms with Gasteiger partial charge in [-0.1, -0.05) is 121 Å². The Kier molecular flexibility index (Phi) is 10.3. The van der Waals surface area contributed by atoms with E-state index in [4.69, 9.17) is 34.9 Å². The summed E-state index contributed by atoms with van der Waals surface area (Å²) in [5.41, 5.74) is 19.3. The van der Waals surface area contributed by atoms with Crippen LogP contribution in [0.15, 0.2) is 170 Å². The van der Waals surface area contributed by atoms with Crippen LogP contribution in [0.25, 0.3) is 125 Å². The van der Waals surface area contributed by atoms with Crippen molar-refractivity contribution in [3.8, 4) is 44.5 Å². The maximum Gasteiger partial charge on any atom is 0.156 e. The van der Waals surface area contributed by atoms with E-state index < -0.39 is 0 Å². The molecule has 4 aromatic carbocycles. The van der Waals surface area contributed by atoms with E-state index in [1.54, 1.807) is 0 Å². The molecule has 1 saturated heterocycles. The van der Waals surface area contributed by atoms with Crippen molar-refractivity contribution in [3.05, 3.63) is 216 Å². The van der Waals surface area contributed by atoms with E-state index in [1.807, 2.05) is 36.4 Å². The standard InChI is InChI=1S/C63H45N13/c1-5-13-37(14-6-1)57-44-21-22-45(64-44)58(38-15-7-2-8-16-38)47-25-26-49(66-47)60(40-19-11-4-12-20-40)61-41(33-50(67-61)59(39-17-9-3-10-18-39)48-24-23-46(57)65-48)34-76-35-42-43(36-76)63-74-56-32-30-54(72-56)70-52-28-27-51(68-52)69-53-29-31-55(71-53)73-62(42)75-63/h1-33,42-43,65-66H,34-36H2,(H2,68,69,70,71,72,73,74,75). The number of aromatic nitrogens is 12. The Morgan fingerprint density at radius 3 is 1.22 bits per heavy atom. The molecule has 15 rings (SSSR count). The summed E-state index contributed by atoms with van der Waals surface area (Å²) in [6.45, 7) is 2.02. The van der Waals surface area contributed by atoms with Crippen molar-refractivity contribution in [1.29, 1.82) is 0 Å². The van der Waals surface area contributed by atoms with Gasteiger partial charge in [0.25, 0.3) is 0 Å². The maximum absolute atomic E-state index is 5.82. The molecule has 0 amide bonds. The highest BCUT2D eigenvalue weighted by molar-refractivity contribution is 6.02. The summed E-state index contributed by atoms with van der Waals surface area (Å²) in [7, 11) is 0. The van der Waals surface area contributed by atoms with Gasteiger partial charge in [-0.15, -0.1) is 0 Å². The van der Waals surface area contributed by atoms with Gasteiger partial charge >= 0.3 is 0 Å². The lowest BCUT2D eigenvalue weighted by molar-refractivity contribution is 0.370. The molecule has 16 bridgehead atoms. The predicted molar refractivity (Wildman–Crippen MR) is 303 cm³/mol. The lowest BCUT2D eigenvalue weighted by atomic mass is 9.98. The molecule has 0 spiro atoms. The first kappa shape index (κ1) is 43.6. The van der Waals surface area contributed by atoms with Gasteiger partial charge in [0.2, 0.25) is 0 Å². The Hall–Kier alpha value is -9.98. The van der Waals surface area contributed by atoms with Crippen molar-refractivity contribution >= 4 is 80.6 Å². The van der Waals surface area contributed by atoms with Crippen LogP contribution < -0.4 is 0 Å². The van der Waals surface area contributed by atoms with Crippen molar-refractivity contribution in [3.63, 3.8) is 0 Å². The van der Waals surface area contributed by atoms with Gasteiger partial charge in [0.05, 0.1) is 22.8 Å². The number of hydrogen-bond acceptors (Lipinski definition) is 9. The third-order valence-electron chi connectivity index (χ3n) is 14.7. The molecule has 2 unspecified atom stereocenters. The molecule has 4 N–H and O–H groups in total. The molecule has 76 heavy (non-hydrogen) atoms. The van der Waals surface area contributed by atoms with Crippen molar-refractivity contribution in [2.45, 2.75) is 11.8 Å². The average molecular weight is 984 g/mol. The smallest absolute Gasteiger partial charge is 0.156 e. The Morgan fingerprint density at radius 1 is 0.355 bits per heavy atom. The van der Waals surface area contributed by atoms with Crippen molar-refractivity contribution in [2.24, 2.45) is 0 Å². The van der Waals surface area contributed by atoms with E-state index in [-0.39, 0.29) is 11.8 Å². The second-order valence-corrected chi connectivity index (χ2v) is 19.6. The van der Waals surface area contributed by atoms with Gasteiger partial charge in [-0.25, -0.2) is 39.9 Å². The van der Waals surface area contributed by atoms with Crippen LogP contribution in [0.4, 0.5) is 0 Å². The SMILES string of the molecule is C1=Cc2nc1nc1ccc(nc3nc(nc4ccc(n2)[nH]4)C2CN(CC4=Cc5nc4c(-c4ccccc4)c4ccc([nH]4)c(-c4ccccc4)c4nc(c(-c6ccccc6)c6ccc([nH]6)c5-c5ccccc5)C=C4)CC32)[nH]1. The van der Waals surface area contributed by atoms with Gasteiger partial charge in [-0.05, 0) is 107 Å². The minimum atomic E-state index is -0.0177. The molecule has 0 aliphatic carbocycles. The fraction of sp³-hybridized carbons (Fsp3) is 0.0794. The van der Waals surface area contributed by atoms with E-state index in [0.717, 1.165) is 107 Å². The monoisotopic (exact) mass is 983 g/mol. The van der Waals surface area contributed by atoms with E-state index in [1.165, 1.54) is 0 Å². The molecule has 2 atom stereocenters. The molecule has 10 aromatic rings. The van der Waals surface area contributed by atoms with Crippen LogP contribution in [0.5, 0.6) is 0 Å². The summed E-state index contributed by atoms with van der Waals surface area (Å²) < 4.78 is 0. The summed E-state index contributed by atoms with van der Waals surface area (Å²) >= 11 is 0. The first-order valence-corrected chi connectivity index (χ1v) is 25.5. The summed E-state index contributed by atoms with van der Waals surface area (Å²) in [6, 6.07) is 58.7. The lowest BCUT2D eigenvalue weighted by Gasteiger charge is -2.18. The molecule has 1 fully saturated rings. The number of likely N-dealkylation sites (tertiary alicyclic amines) is 1. The molecule has 11 heterocycles. The molecule has 0 radical (unpaired) electrons. The highest BCUT2D eigenvalue weighted by Crippen LogP contribution is 2.44. The second-order valence-electron chi connectivity index (χ2n) is 19.6. The summed E-state index contributed by atoms with van der Waals surface area (Å²) in [4.78, 5) is 57.9. The highest BCUT2D eigenvalue weighted by atomic mass is 15.2. The van der Waals surface area contributed by atoms with E-state index >= 15 is 0 Å².